The summed E-state index contributed by atoms with van der Waals surface area (Å²) in [5.41, 5.74) is 1.33. The van der Waals surface area contributed by atoms with Gasteiger partial charge in [-0.05, 0) is 42.9 Å². The van der Waals surface area contributed by atoms with E-state index in [-0.39, 0.29) is 23.6 Å². The summed E-state index contributed by atoms with van der Waals surface area (Å²) < 4.78 is 0. The molecule has 0 radical (unpaired) electrons. The second-order valence-electron chi connectivity index (χ2n) is 6.31. The van der Waals surface area contributed by atoms with Crippen molar-refractivity contribution in [2.75, 3.05) is 12.4 Å². The quantitative estimate of drug-likeness (QED) is 0.671. The van der Waals surface area contributed by atoms with E-state index < -0.39 is 0 Å². The minimum Gasteiger partial charge on any atom is -0.326 e. The van der Waals surface area contributed by atoms with E-state index in [1.807, 2.05) is 0 Å². The van der Waals surface area contributed by atoms with Gasteiger partial charge in [0.05, 0.1) is 11.1 Å². The first-order chi connectivity index (χ1) is 10.5. The van der Waals surface area contributed by atoms with Crippen LogP contribution in [0.1, 0.15) is 33.6 Å². The number of anilines is 1. The molecular weight excluding hydrogens is 280 g/mol. The van der Waals surface area contributed by atoms with Crippen LogP contribution >= 0.6 is 0 Å². The molecule has 5 heteroatoms. The number of carbonyl (C=O) groups excluding carboxylic acids is 3. The first kappa shape index (κ1) is 13.2. The molecule has 0 unspecified atom stereocenters. The highest BCUT2D eigenvalue weighted by Gasteiger charge is 2.40. The van der Waals surface area contributed by atoms with Crippen LogP contribution in [0.5, 0.6) is 0 Å². The maximum Gasteiger partial charge on any atom is 0.261 e. The summed E-state index contributed by atoms with van der Waals surface area (Å²) in [4.78, 5) is 37.3. The average Bonchev–Trinajstić information content (AvgIpc) is 3.19. The predicted octanol–water partition coefficient (Wildman–Crippen LogP) is 2.06. The minimum atomic E-state index is -0.320. The maximum absolute atomic E-state index is 12.4. The zero-order valence-corrected chi connectivity index (χ0v) is 12.2. The van der Waals surface area contributed by atoms with Gasteiger partial charge in [0, 0.05) is 18.7 Å². The van der Waals surface area contributed by atoms with E-state index in [1.54, 1.807) is 18.2 Å². The lowest BCUT2D eigenvalue weighted by atomic mass is 9.92. The van der Waals surface area contributed by atoms with Crippen LogP contribution < -0.4 is 5.32 Å². The third kappa shape index (κ3) is 1.81. The molecule has 2 aliphatic carbocycles. The number of fused-ring (bicyclic) bond motifs is 3. The van der Waals surface area contributed by atoms with Crippen LogP contribution in [0.3, 0.4) is 0 Å². The Morgan fingerprint density at radius 2 is 1.91 bits per heavy atom. The van der Waals surface area contributed by atoms with Crippen LogP contribution in [0.2, 0.25) is 0 Å². The predicted molar refractivity (Wildman–Crippen MR) is 80.3 cm³/mol. The molecule has 3 amide bonds. The molecule has 0 saturated heterocycles. The largest absolute Gasteiger partial charge is 0.326 e. The molecule has 3 atom stereocenters. The van der Waals surface area contributed by atoms with Gasteiger partial charge in [0.2, 0.25) is 5.91 Å². The van der Waals surface area contributed by atoms with Crippen LogP contribution in [-0.2, 0) is 4.79 Å². The fourth-order valence-corrected chi connectivity index (χ4v) is 3.76. The van der Waals surface area contributed by atoms with Crippen molar-refractivity contribution >= 4 is 23.4 Å². The average molecular weight is 296 g/mol. The van der Waals surface area contributed by atoms with E-state index in [2.05, 4.69) is 17.5 Å². The summed E-state index contributed by atoms with van der Waals surface area (Å²) in [6.07, 6.45) is 6.31. The first-order valence-electron chi connectivity index (χ1n) is 7.50. The van der Waals surface area contributed by atoms with E-state index >= 15 is 0 Å². The van der Waals surface area contributed by atoms with Gasteiger partial charge in [-0.1, -0.05) is 12.2 Å². The molecule has 0 spiro atoms. The van der Waals surface area contributed by atoms with Crippen molar-refractivity contribution in [1.29, 1.82) is 0 Å². The number of imide groups is 1. The SMILES string of the molecule is CN1C(=O)c2ccc(NC(=O)[C@H]3C[C@H]4C=C[C@H]3C4)cc2C1=O. The molecule has 5 nitrogen and oxygen atoms in total. The molecule has 22 heavy (non-hydrogen) atoms. The van der Waals surface area contributed by atoms with E-state index in [0.717, 1.165) is 17.7 Å². The van der Waals surface area contributed by atoms with E-state index in [4.69, 9.17) is 0 Å². The summed E-state index contributed by atoms with van der Waals surface area (Å²) in [5, 5.41) is 2.89. The summed E-state index contributed by atoms with van der Waals surface area (Å²) in [5.74, 6) is 0.280. The highest BCUT2D eigenvalue weighted by molar-refractivity contribution is 6.21. The number of nitrogens with zero attached hydrogens (tertiary/aromatic N) is 1. The van der Waals surface area contributed by atoms with E-state index in [1.165, 1.54) is 7.05 Å². The van der Waals surface area contributed by atoms with Crippen molar-refractivity contribution in [3.05, 3.63) is 41.5 Å². The van der Waals surface area contributed by atoms with Crippen molar-refractivity contribution in [1.82, 2.24) is 4.90 Å². The van der Waals surface area contributed by atoms with Gasteiger partial charge < -0.3 is 5.32 Å². The Balaban J connectivity index is 1.55. The van der Waals surface area contributed by atoms with Crippen molar-refractivity contribution in [2.24, 2.45) is 17.8 Å². The molecular formula is C17H16N2O3. The fourth-order valence-electron chi connectivity index (χ4n) is 3.76. The Morgan fingerprint density at radius 1 is 1.14 bits per heavy atom. The molecule has 0 aromatic heterocycles. The summed E-state index contributed by atoms with van der Waals surface area (Å²) >= 11 is 0. The molecule has 1 saturated carbocycles. The number of hydrogen-bond donors (Lipinski definition) is 1. The number of allylic oxidation sites excluding steroid dienone is 2. The summed E-state index contributed by atoms with van der Waals surface area (Å²) in [7, 11) is 1.46. The highest BCUT2D eigenvalue weighted by atomic mass is 16.2. The maximum atomic E-state index is 12.4. The topological polar surface area (TPSA) is 66.5 Å². The normalized spacial score (nSPS) is 28.4. The number of benzene rings is 1. The zero-order valence-electron chi connectivity index (χ0n) is 12.2. The van der Waals surface area contributed by atoms with Crippen LogP contribution in [0.4, 0.5) is 5.69 Å². The van der Waals surface area contributed by atoms with Crippen LogP contribution in [-0.4, -0.2) is 29.7 Å². The molecule has 112 valence electrons. The first-order valence-corrected chi connectivity index (χ1v) is 7.50. The van der Waals surface area contributed by atoms with E-state index in [0.29, 0.717) is 28.7 Å². The number of nitrogens with one attached hydrogen (secondary N) is 1. The van der Waals surface area contributed by atoms with Gasteiger partial charge in [0.15, 0.2) is 0 Å². The molecule has 1 heterocycles. The Bertz CT molecular complexity index is 737. The lowest BCUT2D eigenvalue weighted by Crippen LogP contribution is -2.26. The Hall–Kier alpha value is -2.43. The van der Waals surface area contributed by atoms with Crippen molar-refractivity contribution in [2.45, 2.75) is 12.8 Å². The van der Waals surface area contributed by atoms with Gasteiger partial charge >= 0.3 is 0 Å². The van der Waals surface area contributed by atoms with Crippen LogP contribution in [0.15, 0.2) is 30.4 Å². The summed E-state index contributed by atoms with van der Waals surface area (Å²) in [6.45, 7) is 0. The third-order valence-electron chi connectivity index (χ3n) is 4.97. The monoisotopic (exact) mass is 296 g/mol. The lowest BCUT2D eigenvalue weighted by molar-refractivity contribution is -0.120. The standard InChI is InChI=1S/C17H16N2O3/c1-19-16(21)12-5-4-11(8-14(12)17(19)22)18-15(20)13-7-9-2-3-10(13)6-9/h2-5,8-10,13H,6-7H2,1H3,(H,18,20)/t9-,10-,13-/m0/s1. The van der Waals surface area contributed by atoms with Gasteiger partial charge in [0.1, 0.15) is 0 Å². The Morgan fingerprint density at radius 3 is 2.59 bits per heavy atom. The third-order valence-corrected chi connectivity index (χ3v) is 4.97. The van der Waals surface area contributed by atoms with Gasteiger partial charge in [-0.2, -0.15) is 0 Å². The molecule has 1 fully saturated rings. The van der Waals surface area contributed by atoms with Crippen LogP contribution in [0.25, 0.3) is 0 Å². The number of rotatable bonds is 2. The highest BCUT2D eigenvalue weighted by Crippen LogP contribution is 2.43. The molecule has 4 rings (SSSR count). The minimum absolute atomic E-state index is 0.00178. The van der Waals surface area contributed by atoms with Gasteiger partial charge in [-0.25, -0.2) is 0 Å². The molecule has 2 bridgehead atoms. The van der Waals surface area contributed by atoms with Crippen molar-refractivity contribution in [3.8, 4) is 0 Å². The molecule has 1 aromatic rings. The molecule has 1 N–H and O–H groups in total. The molecule has 1 aromatic carbocycles. The number of carbonyl (C=O) groups is 3. The fraction of sp³-hybridized carbons (Fsp3) is 0.353. The van der Waals surface area contributed by atoms with Crippen LogP contribution in [0, 0.1) is 17.8 Å². The smallest absolute Gasteiger partial charge is 0.261 e. The van der Waals surface area contributed by atoms with Gasteiger partial charge in [0.25, 0.3) is 11.8 Å². The second-order valence-corrected chi connectivity index (χ2v) is 6.31. The number of hydrogen-bond acceptors (Lipinski definition) is 3. The zero-order chi connectivity index (χ0) is 15.4. The molecule has 1 aliphatic heterocycles. The van der Waals surface area contributed by atoms with Gasteiger partial charge in [-0.3, -0.25) is 19.3 Å². The summed E-state index contributed by atoms with van der Waals surface area (Å²) in [6, 6.07) is 4.89. The van der Waals surface area contributed by atoms with Gasteiger partial charge in [-0.15, -0.1) is 0 Å². The van der Waals surface area contributed by atoms with E-state index in [9.17, 15) is 14.4 Å². The molecule has 3 aliphatic rings. The second kappa shape index (κ2) is 4.53. The Labute approximate surface area is 128 Å². The van der Waals surface area contributed by atoms with Crippen molar-refractivity contribution in [3.63, 3.8) is 0 Å². The number of amides is 3. The lowest BCUT2D eigenvalue weighted by Gasteiger charge is -2.17. The van der Waals surface area contributed by atoms with Crippen molar-refractivity contribution < 1.29 is 14.4 Å². The Kier molecular flexibility index (Phi) is 2.73.